The second kappa shape index (κ2) is 12.7. The molecule has 6 heteroatoms. The van der Waals surface area contributed by atoms with Crippen LogP contribution in [0.4, 0.5) is 0 Å². The molecule has 0 saturated heterocycles. The molecular formula is C17H39NO3SSi. The molecule has 23 heavy (non-hydrogen) atoms. The lowest BCUT2D eigenvalue weighted by Gasteiger charge is -2.37. The van der Waals surface area contributed by atoms with Gasteiger partial charge >= 0.3 is 8.80 Å². The van der Waals surface area contributed by atoms with Gasteiger partial charge in [0.15, 0.2) is 0 Å². The summed E-state index contributed by atoms with van der Waals surface area (Å²) in [6.07, 6.45) is 2.26. The van der Waals surface area contributed by atoms with Gasteiger partial charge in [0.25, 0.3) is 0 Å². The van der Waals surface area contributed by atoms with Crippen LogP contribution in [0.2, 0.25) is 6.04 Å². The zero-order valence-corrected chi connectivity index (χ0v) is 18.2. The van der Waals surface area contributed by atoms with E-state index >= 15 is 0 Å². The highest BCUT2D eigenvalue weighted by Gasteiger charge is 2.45. The van der Waals surface area contributed by atoms with Crippen molar-refractivity contribution in [1.82, 2.24) is 4.90 Å². The maximum absolute atomic E-state index is 6.45. The predicted octanol–water partition coefficient (Wildman–Crippen LogP) is 4.44. The third-order valence-electron chi connectivity index (χ3n) is 4.22. The van der Waals surface area contributed by atoms with E-state index in [1.165, 1.54) is 0 Å². The Morgan fingerprint density at radius 1 is 0.957 bits per heavy atom. The van der Waals surface area contributed by atoms with Crippen LogP contribution in [0.3, 0.4) is 0 Å². The number of hydrogen-bond donors (Lipinski definition) is 1. The molecule has 0 bridgehead atoms. The SMILES string of the molecule is CCCC(S)C(C)C[Si](OCC)(OCC)OC(C)N(CC)CC. The second-order valence-corrected chi connectivity index (χ2v) is 9.28. The van der Waals surface area contributed by atoms with Crippen molar-refractivity contribution >= 4 is 21.4 Å². The van der Waals surface area contributed by atoms with E-state index in [0.717, 1.165) is 32.0 Å². The summed E-state index contributed by atoms with van der Waals surface area (Å²) in [4.78, 5) is 2.29. The summed E-state index contributed by atoms with van der Waals surface area (Å²) in [6.45, 7) is 18.0. The number of thiol groups is 1. The third-order valence-corrected chi connectivity index (χ3v) is 8.29. The molecule has 0 fully saturated rings. The Morgan fingerprint density at radius 2 is 1.48 bits per heavy atom. The normalized spacial score (nSPS) is 16.6. The van der Waals surface area contributed by atoms with E-state index in [9.17, 15) is 0 Å². The molecule has 3 atom stereocenters. The summed E-state index contributed by atoms with van der Waals surface area (Å²) in [5, 5.41) is 0.361. The molecule has 0 aliphatic carbocycles. The van der Waals surface area contributed by atoms with Crippen LogP contribution in [-0.4, -0.2) is 51.5 Å². The van der Waals surface area contributed by atoms with Crippen LogP contribution in [-0.2, 0) is 13.3 Å². The Bertz CT molecular complexity index is 287. The van der Waals surface area contributed by atoms with Gasteiger partial charge in [0.1, 0.15) is 6.23 Å². The van der Waals surface area contributed by atoms with Gasteiger partial charge in [-0.2, -0.15) is 12.6 Å². The summed E-state index contributed by atoms with van der Waals surface area (Å²) in [5.41, 5.74) is 0. The molecule has 0 aliphatic rings. The molecule has 4 nitrogen and oxygen atoms in total. The molecule has 0 aromatic rings. The number of rotatable bonds is 14. The van der Waals surface area contributed by atoms with Crippen molar-refractivity contribution in [3.05, 3.63) is 0 Å². The van der Waals surface area contributed by atoms with E-state index in [0.29, 0.717) is 24.4 Å². The van der Waals surface area contributed by atoms with Crippen LogP contribution in [0.25, 0.3) is 0 Å². The fourth-order valence-corrected chi connectivity index (χ4v) is 6.63. The molecule has 0 aromatic carbocycles. The Labute approximate surface area is 151 Å². The van der Waals surface area contributed by atoms with Crippen LogP contribution in [0, 0.1) is 5.92 Å². The van der Waals surface area contributed by atoms with E-state index in [-0.39, 0.29) is 6.23 Å². The average molecular weight is 366 g/mol. The zero-order chi connectivity index (χ0) is 17.9. The van der Waals surface area contributed by atoms with Crippen LogP contribution >= 0.6 is 12.6 Å². The van der Waals surface area contributed by atoms with Gasteiger partial charge < -0.3 is 13.3 Å². The highest BCUT2D eigenvalue weighted by Crippen LogP contribution is 2.29. The largest absolute Gasteiger partial charge is 0.502 e. The molecule has 140 valence electrons. The topological polar surface area (TPSA) is 30.9 Å². The minimum atomic E-state index is -2.70. The molecule has 0 spiro atoms. The van der Waals surface area contributed by atoms with Gasteiger partial charge in [-0.25, -0.2) is 0 Å². The highest BCUT2D eigenvalue weighted by atomic mass is 32.1. The summed E-state index contributed by atoms with van der Waals surface area (Å²) in [6, 6.07) is 0.828. The number of hydrogen-bond acceptors (Lipinski definition) is 5. The Kier molecular flexibility index (Phi) is 12.9. The van der Waals surface area contributed by atoms with Crippen molar-refractivity contribution in [2.45, 2.75) is 78.8 Å². The smallest absolute Gasteiger partial charge is 0.374 e. The van der Waals surface area contributed by atoms with Gasteiger partial charge in [-0.15, -0.1) is 0 Å². The van der Waals surface area contributed by atoms with Crippen molar-refractivity contribution in [3.8, 4) is 0 Å². The minimum Gasteiger partial charge on any atom is -0.374 e. The molecule has 0 heterocycles. The van der Waals surface area contributed by atoms with Gasteiger partial charge in [0.05, 0.1) is 0 Å². The first-order valence-corrected chi connectivity index (χ1v) is 11.7. The zero-order valence-electron chi connectivity index (χ0n) is 16.3. The Balaban J connectivity index is 5.13. The van der Waals surface area contributed by atoms with Crippen molar-refractivity contribution in [2.75, 3.05) is 26.3 Å². The maximum atomic E-state index is 6.45. The van der Waals surface area contributed by atoms with Gasteiger partial charge in [-0.05, 0) is 46.2 Å². The van der Waals surface area contributed by atoms with E-state index in [2.05, 4.69) is 39.5 Å². The van der Waals surface area contributed by atoms with Crippen LogP contribution in [0.5, 0.6) is 0 Å². The first kappa shape index (κ1) is 23.4. The molecule has 0 rings (SSSR count). The molecule has 0 N–H and O–H groups in total. The number of nitrogens with zero attached hydrogens (tertiary/aromatic N) is 1. The van der Waals surface area contributed by atoms with Crippen molar-refractivity contribution in [3.63, 3.8) is 0 Å². The lowest BCUT2D eigenvalue weighted by atomic mass is 10.1. The predicted molar refractivity (Wildman–Crippen MR) is 104 cm³/mol. The summed E-state index contributed by atoms with van der Waals surface area (Å²) >= 11 is 4.77. The maximum Gasteiger partial charge on any atom is 0.502 e. The standard InChI is InChI=1S/C17H39NO3SSi/c1-8-13-17(22)15(6)14-23(19-11-4,20-12-5)21-16(7)18(9-2)10-3/h15-17,22H,8-14H2,1-7H3. The van der Waals surface area contributed by atoms with E-state index in [1.807, 2.05) is 13.8 Å². The van der Waals surface area contributed by atoms with Gasteiger partial charge in [-0.3, -0.25) is 4.90 Å². The fraction of sp³-hybridized carbons (Fsp3) is 1.00. The molecule has 0 aromatic heterocycles. The molecule has 0 amide bonds. The molecule has 0 aliphatic heterocycles. The van der Waals surface area contributed by atoms with Crippen molar-refractivity contribution in [1.29, 1.82) is 0 Å². The van der Waals surface area contributed by atoms with Crippen LogP contribution in [0.1, 0.15) is 61.3 Å². The van der Waals surface area contributed by atoms with Crippen LogP contribution < -0.4 is 0 Å². The van der Waals surface area contributed by atoms with Crippen molar-refractivity contribution in [2.24, 2.45) is 5.92 Å². The van der Waals surface area contributed by atoms with Crippen LogP contribution in [0.15, 0.2) is 0 Å². The molecule has 3 unspecified atom stereocenters. The monoisotopic (exact) mass is 365 g/mol. The summed E-state index contributed by atoms with van der Waals surface area (Å²) < 4.78 is 18.7. The van der Waals surface area contributed by atoms with Gasteiger partial charge in [-0.1, -0.05) is 34.1 Å². The van der Waals surface area contributed by atoms with E-state index in [4.69, 9.17) is 25.9 Å². The fourth-order valence-electron chi connectivity index (χ4n) is 2.90. The van der Waals surface area contributed by atoms with Gasteiger partial charge in [0, 0.05) is 24.5 Å². The highest BCUT2D eigenvalue weighted by molar-refractivity contribution is 7.81. The van der Waals surface area contributed by atoms with Gasteiger partial charge in [0.2, 0.25) is 0 Å². The minimum absolute atomic E-state index is 0.00603. The molecule has 0 radical (unpaired) electrons. The van der Waals surface area contributed by atoms with E-state index in [1.54, 1.807) is 0 Å². The third kappa shape index (κ3) is 8.36. The Hall–Kier alpha value is 0.407. The summed E-state index contributed by atoms with van der Waals surface area (Å²) in [5.74, 6) is 0.409. The lowest BCUT2D eigenvalue weighted by Crippen LogP contribution is -2.53. The first-order valence-electron chi connectivity index (χ1n) is 9.27. The average Bonchev–Trinajstić information content (AvgIpc) is 2.49. The molecule has 0 saturated carbocycles. The lowest BCUT2D eigenvalue weighted by molar-refractivity contribution is -0.0319. The first-order chi connectivity index (χ1) is 10.9. The quantitative estimate of drug-likeness (QED) is 0.280. The van der Waals surface area contributed by atoms with Crippen molar-refractivity contribution < 1.29 is 13.3 Å². The van der Waals surface area contributed by atoms with E-state index < -0.39 is 8.80 Å². The Morgan fingerprint density at radius 3 is 1.87 bits per heavy atom. The molecular weight excluding hydrogens is 326 g/mol. The second-order valence-electron chi connectivity index (χ2n) is 6.02. The summed E-state index contributed by atoms with van der Waals surface area (Å²) in [7, 11) is -2.70.